The summed E-state index contributed by atoms with van der Waals surface area (Å²) in [6, 6.07) is -0.299. The van der Waals surface area contributed by atoms with Crippen molar-refractivity contribution in [1.29, 1.82) is 0 Å². The molecule has 0 spiro atoms. The Balaban J connectivity index is 2.98. The van der Waals surface area contributed by atoms with Crippen molar-refractivity contribution in [3.63, 3.8) is 0 Å². The van der Waals surface area contributed by atoms with Crippen molar-refractivity contribution in [3.8, 4) is 0 Å². The topological polar surface area (TPSA) is 103 Å². The molecule has 0 aromatic heterocycles. The van der Waals surface area contributed by atoms with Gasteiger partial charge in [0.15, 0.2) is 6.61 Å². The minimum Gasteiger partial charge on any atom is -0.457 e. The molecule has 1 saturated heterocycles. The molecule has 1 rings (SSSR count). The molecule has 9 heteroatoms. The number of ether oxygens (including phenoxy) is 1. The Bertz CT molecular complexity index is 567. The lowest BCUT2D eigenvalue weighted by Crippen LogP contribution is -2.49. The molecular formula is C13H23F2NO5S. The maximum atomic E-state index is 13.2. The van der Waals surface area contributed by atoms with Gasteiger partial charge in [0, 0.05) is 11.6 Å². The van der Waals surface area contributed by atoms with E-state index in [1.165, 1.54) is 0 Å². The molecule has 2 N–H and O–H groups in total. The van der Waals surface area contributed by atoms with E-state index in [9.17, 15) is 22.0 Å². The summed E-state index contributed by atoms with van der Waals surface area (Å²) < 4.78 is 60.5. The van der Waals surface area contributed by atoms with E-state index in [4.69, 9.17) is 4.55 Å². The first-order valence-electron chi connectivity index (χ1n) is 6.76. The summed E-state index contributed by atoms with van der Waals surface area (Å²) in [7, 11) is -5.63. The molecule has 1 heterocycles. The molecule has 2 atom stereocenters. The maximum absolute atomic E-state index is 13.2. The molecule has 0 amide bonds. The first kappa shape index (κ1) is 19.2. The summed E-state index contributed by atoms with van der Waals surface area (Å²) in [4.78, 5) is 12.4. The lowest BCUT2D eigenvalue weighted by molar-refractivity contribution is -0.168. The Morgan fingerprint density at radius 2 is 1.68 bits per heavy atom. The summed E-state index contributed by atoms with van der Waals surface area (Å²) in [5, 5.41) is -1.43. The highest BCUT2D eigenvalue weighted by molar-refractivity contribution is 7.86. The molecule has 6 nitrogen and oxygen atoms in total. The van der Waals surface area contributed by atoms with Crippen LogP contribution in [0.15, 0.2) is 0 Å². The van der Waals surface area contributed by atoms with Crippen molar-refractivity contribution in [3.05, 3.63) is 0 Å². The van der Waals surface area contributed by atoms with E-state index in [0.717, 1.165) is 0 Å². The van der Waals surface area contributed by atoms with Crippen LogP contribution in [-0.2, 0) is 19.6 Å². The van der Waals surface area contributed by atoms with Crippen molar-refractivity contribution in [1.82, 2.24) is 5.32 Å². The lowest BCUT2D eigenvalue weighted by Gasteiger charge is -2.40. The van der Waals surface area contributed by atoms with E-state index in [-0.39, 0.29) is 11.6 Å². The highest BCUT2D eigenvalue weighted by atomic mass is 32.2. The number of nitrogens with one attached hydrogen (secondary N) is 1. The Morgan fingerprint density at radius 1 is 1.27 bits per heavy atom. The van der Waals surface area contributed by atoms with E-state index >= 15 is 0 Å². The summed E-state index contributed by atoms with van der Waals surface area (Å²) >= 11 is 0. The number of carbonyl (C=O) groups excluding carboxylic acids is 1. The van der Waals surface area contributed by atoms with Crippen LogP contribution < -0.4 is 5.32 Å². The molecule has 1 aliphatic rings. The van der Waals surface area contributed by atoms with Crippen molar-refractivity contribution in [2.75, 3.05) is 6.61 Å². The van der Waals surface area contributed by atoms with Gasteiger partial charge in [-0.3, -0.25) is 9.35 Å². The van der Waals surface area contributed by atoms with Crippen LogP contribution in [0.5, 0.6) is 0 Å². The highest BCUT2D eigenvalue weighted by Gasteiger charge is 2.64. The van der Waals surface area contributed by atoms with Gasteiger partial charge < -0.3 is 10.1 Å². The second-order valence-corrected chi connectivity index (χ2v) is 8.99. The van der Waals surface area contributed by atoms with Gasteiger partial charge in [-0.1, -0.05) is 20.8 Å². The normalized spacial score (nSPS) is 24.5. The second kappa shape index (κ2) is 5.10. The fourth-order valence-corrected chi connectivity index (χ4v) is 2.64. The maximum Gasteiger partial charge on any atom is 0.402 e. The number of esters is 1. The minimum absolute atomic E-state index is 0.299. The molecule has 0 radical (unpaired) electrons. The van der Waals surface area contributed by atoms with Crippen LogP contribution in [0.25, 0.3) is 0 Å². The Labute approximate surface area is 129 Å². The number of hydrogen-bond acceptors (Lipinski definition) is 5. The van der Waals surface area contributed by atoms with Crippen molar-refractivity contribution in [2.24, 2.45) is 10.8 Å². The van der Waals surface area contributed by atoms with Gasteiger partial charge in [-0.2, -0.15) is 17.2 Å². The van der Waals surface area contributed by atoms with Gasteiger partial charge >= 0.3 is 21.3 Å². The van der Waals surface area contributed by atoms with Crippen LogP contribution in [0, 0.1) is 10.8 Å². The largest absolute Gasteiger partial charge is 0.457 e. The van der Waals surface area contributed by atoms with E-state index in [1.807, 2.05) is 13.8 Å². The first-order valence-corrected chi connectivity index (χ1v) is 8.20. The fraction of sp³-hybridized carbons (Fsp3) is 0.923. The van der Waals surface area contributed by atoms with E-state index in [1.54, 1.807) is 27.7 Å². The van der Waals surface area contributed by atoms with Gasteiger partial charge in [0.2, 0.25) is 0 Å². The van der Waals surface area contributed by atoms with Crippen molar-refractivity contribution in [2.45, 2.75) is 58.4 Å². The number of hydrogen-bond donors (Lipinski definition) is 2. The molecular weight excluding hydrogens is 320 g/mol. The van der Waals surface area contributed by atoms with Crippen molar-refractivity contribution >= 4 is 16.1 Å². The molecule has 2 unspecified atom stereocenters. The van der Waals surface area contributed by atoms with Gasteiger partial charge in [-0.15, -0.1) is 0 Å². The Kier molecular flexibility index (Phi) is 4.46. The summed E-state index contributed by atoms with van der Waals surface area (Å²) in [5.41, 5.74) is -2.12. The van der Waals surface area contributed by atoms with Crippen LogP contribution in [0.2, 0.25) is 0 Å². The smallest absolute Gasteiger partial charge is 0.402 e. The number of halogens is 2. The SMILES string of the molecule is CC1(C)NC1C(C)(C(=O)OCC(F)(F)S(=O)(=O)O)C(C)(C)C. The monoisotopic (exact) mass is 343 g/mol. The Morgan fingerprint density at radius 3 is 1.95 bits per heavy atom. The highest BCUT2D eigenvalue weighted by Crippen LogP contribution is 2.51. The Hall–Kier alpha value is -0.800. The zero-order valence-electron chi connectivity index (χ0n) is 13.5. The van der Waals surface area contributed by atoms with Gasteiger partial charge in [0.25, 0.3) is 0 Å². The first-order chi connectivity index (χ1) is 9.47. The van der Waals surface area contributed by atoms with E-state index in [0.29, 0.717) is 0 Å². The second-order valence-electron chi connectivity index (χ2n) is 7.44. The third kappa shape index (κ3) is 3.26. The predicted octanol–water partition coefficient (Wildman–Crippen LogP) is 1.81. The zero-order chi connectivity index (χ0) is 17.8. The third-order valence-corrected chi connectivity index (χ3v) is 5.34. The van der Waals surface area contributed by atoms with E-state index < -0.39 is 38.8 Å². The summed E-state index contributed by atoms with van der Waals surface area (Å²) in [6.45, 7) is 8.90. The minimum atomic E-state index is -5.63. The molecule has 0 aliphatic carbocycles. The summed E-state index contributed by atoms with van der Waals surface area (Å²) in [6.07, 6.45) is 0. The molecule has 0 aromatic rings. The zero-order valence-corrected chi connectivity index (χ0v) is 14.3. The van der Waals surface area contributed by atoms with Gasteiger partial charge in [-0.25, -0.2) is 0 Å². The van der Waals surface area contributed by atoms with Gasteiger partial charge in [-0.05, 0) is 26.2 Å². The molecule has 1 fully saturated rings. The number of rotatable bonds is 5. The standard InChI is InChI=1S/C13H23F2NO5S/c1-10(2,3)12(6,8-11(4,5)16-8)9(17)21-7-13(14,15)22(18,19)20/h8,16H,7H2,1-6H3,(H,18,19,20). The van der Waals surface area contributed by atoms with Crippen LogP contribution >= 0.6 is 0 Å². The van der Waals surface area contributed by atoms with Crippen molar-refractivity contribution < 1.29 is 31.3 Å². The summed E-state index contributed by atoms with van der Waals surface area (Å²) in [5.74, 6) is -0.939. The lowest BCUT2D eigenvalue weighted by atomic mass is 9.63. The van der Waals surface area contributed by atoms with Gasteiger partial charge in [0.05, 0.1) is 5.41 Å². The fourth-order valence-electron chi connectivity index (χ4n) is 2.43. The number of alkyl halides is 2. The van der Waals surface area contributed by atoms with Crippen LogP contribution in [0.1, 0.15) is 41.5 Å². The van der Waals surface area contributed by atoms with Crippen LogP contribution in [0.4, 0.5) is 8.78 Å². The molecule has 1 aliphatic heterocycles. The number of carbonyl (C=O) groups is 1. The third-order valence-electron chi connectivity index (χ3n) is 4.46. The van der Waals surface area contributed by atoms with Gasteiger partial charge in [0.1, 0.15) is 0 Å². The molecule has 0 bridgehead atoms. The molecule has 22 heavy (non-hydrogen) atoms. The molecule has 130 valence electrons. The van der Waals surface area contributed by atoms with Crippen LogP contribution in [0.3, 0.4) is 0 Å². The van der Waals surface area contributed by atoms with Crippen LogP contribution in [-0.4, -0.2) is 42.4 Å². The quantitative estimate of drug-likeness (QED) is 0.448. The molecule has 0 aromatic carbocycles. The molecule has 0 saturated carbocycles. The predicted molar refractivity (Wildman–Crippen MR) is 76.0 cm³/mol. The average molecular weight is 343 g/mol. The van der Waals surface area contributed by atoms with E-state index in [2.05, 4.69) is 10.1 Å². The average Bonchev–Trinajstić information content (AvgIpc) is 2.91.